The molecule has 9 nitrogen and oxygen atoms in total. The van der Waals surface area contributed by atoms with Crippen molar-refractivity contribution in [1.29, 1.82) is 0 Å². The number of carbonyl (C=O) groups is 4. The summed E-state index contributed by atoms with van der Waals surface area (Å²) in [6, 6.07) is 24.0. The number of hydrogen-bond donors (Lipinski definition) is 3. The van der Waals surface area contributed by atoms with Gasteiger partial charge >= 0.3 is 0 Å². The van der Waals surface area contributed by atoms with Crippen molar-refractivity contribution in [2.45, 2.75) is 77.5 Å². The molecular weight excluding hydrogens is 582 g/mol. The van der Waals surface area contributed by atoms with Gasteiger partial charge in [-0.25, -0.2) is 0 Å². The summed E-state index contributed by atoms with van der Waals surface area (Å²) in [6.07, 6.45) is 0.614. The minimum absolute atomic E-state index is 0.123. The van der Waals surface area contributed by atoms with E-state index in [1.807, 2.05) is 99.6 Å². The molecule has 0 aliphatic carbocycles. The third-order valence-corrected chi connectivity index (χ3v) is 8.26. The maximum Gasteiger partial charge on any atom is 0.258 e. The van der Waals surface area contributed by atoms with E-state index in [-0.39, 0.29) is 68.4 Å². The first-order valence-corrected chi connectivity index (χ1v) is 16.0. The van der Waals surface area contributed by atoms with Gasteiger partial charge in [0.2, 0.25) is 17.7 Å². The second kappa shape index (κ2) is 16.7. The molecule has 0 spiro atoms. The summed E-state index contributed by atoms with van der Waals surface area (Å²) in [7, 11) is 0. The zero-order chi connectivity index (χ0) is 33.1. The van der Waals surface area contributed by atoms with Gasteiger partial charge in [0.15, 0.2) is 6.61 Å². The third kappa shape index (κ3) is 10.3. The highest BCUT2D eigenvalue weighted by atomic mass is 16.5. The molecule has 1 fully saturated rings. The number of nitrogens with zero attached hydrogens (tertiary/aromatic N) is 1. The molecule has 0 aromatic heterocycles. The van der Waals surface area contributed by atoms with E-state index in [4.69, 9.17) is 4.74 Å². The van der Waals surface area contributed by atoms with Crippen LogP contribution in [0.3, 0.4) is 0 Å². The van der Waals surface area contributed by atoms with E-state index in [2.05, 4.69) is 10.6 Å². The van der Waals surface area contributed by atoms with E-state index >= 15 is 0 Å². The smallest absolute Gasteiger partial charge is 0.258 e. The van der Waals surface area contributed by atoms with Crippen LogP contribution in [-0.2, 0) is 32.0 Å². The van der Waals surface area contributed by atoms with E-state index in [9.17, 15) is 24.3 Å². The van der Waals surface area contributed by atoms with Gasteiger partial charge < -0.3 is 20.5 Å². The van der Waals surface area contributed by atoms with E-state index in [1.165, 1.54) is 4.90 Å². The van der Waals surface area contributed by atoms with Gasteiger partial charge in [-0.1, -0.05) is 85.8 Å². The molecule has 1 aliphatic rings. The van der Waals surface area contributed by atoms with E-state index in [0.29, 0.717) is 18.6 Å². The Balaban J connectivity index is 1.44. The first kappa shape index (κ1) is 34.4. The normalized spacial score (nSPS) is 15.6. The summed E-state index contributed by atoms with van der Waals surface area (Å²) in [5.74, 6) is -0.551. The molecule has 4 rings (SSSR count). The molecule has 0 bridgehead atoms. The van der Waals surface area contributed by atoms with Crippen molar-refractivity contribution in [3.05, 3.63) is 101 Å². The second-order valence-electron chi connectivity index (χ2n) is 12.3. The van der Waals surface area contributed by atoms with Gasteiger partial charge in [0.25, 0.3) is 5.91 Å². The van der Waals surface area contributed by atoms with Gasteiger partial charge in [-0.15, -0.1) is 0 Å². The SMILES string of the molecule is Cc1cccc(C)c1OCC(=O)N[C@@H](Cc1ccccc1)[C@@H](O)C[C@H](Cc1ccccc1)NC(=O)CC(C)CN1C(=O)CCC1=O. The van der Waals surface area contributed by atoms with Crippen LogP contribution in [0, 0.1) is 19.8 Å². The monoisotopic (exact) mass is 627 g/mol. The fourth-order valence-corrected chi connectivity index (χ4v) is 5.92. The minimum atomic E-state index is -0.990. The quantitative estimate of drug-likeness (QED) is 0.206. The number of hydrogen-bond acceptors (Lipinski definition) is 6. The predicted molar refractivity (Wildman–Crippen MR) is 176 cm³/mol. The molecule has 1 unspecified atom stereocenters. The molecule has 1 heterocycles. The van der Waals surface area contributed by atoms with Gasteiger partial charge in [0.1, 0.15) is 5.75 Å². The maximum absolute atomic E-state index is 13.2. The van der Waals surface area contributed by atoms with Gasteiger partial charge in [0.05, 0.1) is 12.1 Å². The molecule has 4 atom stereocenters. The number of likely N-dealkylation sites (tertiary alicyclic amines) is 1. The number of aliphatic hydroxyl groups is 1. The molecule has 1 saturated heterocycles. The number of aryl methyl sites for hydroxylation is 2. The first-order chi connectivity index (χ1) is 22.1. The van der Waals surface area contributed by atoms with Crippen molar-refractivity contribution in [2.75, 3.05) is 13.2 Å². The van der Waals surface area contributed by atoms with E-state index in [0.717, 1.165) is 22.3 Å². The van der Waals surface area contributed by atoms with Crippen LogP contribution in [0.15, 0.2) is 78.9 Å². The number of aliphatic hydroxyl groups excluding tert-OH is 1. The number of carbonyl (C=O) groups excluding carboxylic acids is 4. The fourth-order valence-electron chi connectivity index (χ4n) is 5.92. The highest BCUT2D eigenvalue weighted by molar-refractivity contribution is 6.01. The second-order valence-corrected chi connectivity index (χ2v) is 12.3. The number of rotatable bonds is 16. The van der Waals surface area contributed by atoms with Gasteiger partial charge in [-0.2, -0.15) is 0 Å². The lowest BCUT2D eigenvalue weighted by Gasteiger charge is -2.29. The Morgan fingerprint density at radius 2 is 1.37 bits per heavy atom. The minimum Gasteiger partial charge on any atom is -0.483 e. The molecule has 0 radical (unpaired) electrons. The third-order valence-electron chi connectivity index (χ3n) is 8.26. The summed E-state index contributed by atoms with van der Waals surface area (Å²) >= 11 is 0. The molecule has 3 aromatic rings. The lowest BCUT2D eigenvalue weighted by molar-refractivity contribution is -0.139. The standard InChI is InChI=1S/C37H45N3O6/c1-25(23-40-35(44)17-18-36(40)45)19-33(42)38-30(20-28-13-6-4-7-14-28)22-32(41)31(21-29-15-8-5-9-16-29)39-34(43)24-46-37-26(2)11-10-12-27(37)3/h4-16,25,30-32,41H,17-24H2,1-3H3,(H,38,42)(H,39,43)/t25?,30-,31-,32-/m0/s1. The van der Waals surface area contributed by atoms with Crippen LogP contribution in [0.4, 0.5) is 0 Å². The summed E-state index contributed by atoms with van der Waals surface area (Å²) in [5, 5.41) is 17.7. The lowest BCUT2D eigenvalue weighted by atomic mass is 9.93. The van der Waals surface area contributed by atoms with Gasteiger partial charge in [0, 0.05) is 31.8 Å². The zero-order valence-corrected chi connectivity index (χ0v) is 26.9. The van der Waals surface area contributed by atoms with Gasteiger partial charge in [-0.3, -0.25) is 24.1 Å². The molecule has 9 heteroatoms. The van der Waals surface area contributed by atoms with Crippen LogP contribution in [0.2, 0.25) is 0 Å². The van der Waals surface area contributed by atoms with Crippen LogP contribution in [-0.4, -0.2) is 65.0 Å². The number of amides is 4. The molecule has 46 heavy (non-hydrogen) atoms. The fraction of sp³-hybridized carbons (Fsp3) is 0.405. The average molecular weight is 628 g/mol. The van der Waals surface area contributed by atoms with Crippen molar-refractivity contribution in [3.8, 4) is 5.75 Å². The summed E-state index contributed by atoms with van der Waals surface area (Å²) in [4.78, 5) is 51.7. The number of nitrogens with one attached hydrogen (secondary N) is 2. The van der Waals surface area contributed by atoms with Crippen molar-refractivity contribution in [3.63, 3.8) is 0 Å². The molecule has 0 saturated carbocycles. The Morgan fingerprint density at radius 1 is 0.804 bits per heavy atom. The van der Waals surface area contributed by atoms with Crippen molar-refractivity contribution in [1.82, 2.24) is 15.5 Å². The number of imide groups is 1. The number of para-hydroxylation sites is 1. The molecule has 3 N–H and O–H groups in total. The number of ether oxygens (including phenoxy) is 1. The lowest BCUT2D eigenvalue weighted by Crippen LogP contribution is -2.49. The molecule has 3 aromatic carbocycles. The largest absolute Gasteiger partial charge is 0.483 e. The van der Waals surface area contributed by atoms with Crippen LogP contribution >= 0.6 is 0 Å². The maximum atomic E-state index is 13.2. The van der Waals surface area contributed by atoms with Crippen molar-refractivity contribution >= 4 is 23.6 Å². The molecule has 1 aliphatic heterocycles. The van der Waals surface area contributed by atoms with Crippen LogP contribution < -0.4 is 15.4 Å². The first-order valence-electron chi connectivity index (χ1n) is 16.0. The highest BCUT2D eigenvalue weighted by Crippen LogP contribution is 2.22. The predicted octanol–water partition coefficient (Wildman–Crippen LogP) is 4.06. The summed E-state index contributed by atoms with van der Waals surface area (Å²) < 4.78 is 5.87. The van der Waals surface area contributed by atoms with E-state index < -0.39 is 18.2 Å². The van der Waals surface area contributed by atoms with Crippen molar-refractivity contribution < 1.29 is 29.0 Å². The Hall–Kier alpha value is -4.50. The van der Waals surface area contributed by atoms with Crippen LogP contribution in [0.1, 0.15) is 54.9 Å². The Kier molecular flexibility index (Phi) is 12.5. The van der Waals surface area contributed by atoms with E-state index in [1.54, 1.807) is 0 Å². The Bertz CT molecular complexity index is 1440. The number of benzene rings is 3. The Labute approximate surface area is 271 Å². The molecule has 4 amide bonds. The topological polar surface area (TPSA) is 125 Å². The zero-order valence-electron chi connectivity index (χ0n) is 26.9. The summed E-state index contributed by atoms with van der Waals surface area (Å²) in [5.41, 5.74) is 3.81. The Morgan fingerprint density at radius 3 is 1.96 bits per heavy atom. The van der Waals surface area contributed by atoms with Gasteiger partial charge in [-0.05, 0) is 61.3 Å². The summed E-state index contributed by atoms with van der Waals surface area (Å²) in [6.45, 7) is 5.69. The molecule has 244 valence electrons. The van der Waals surface area contributed by atoms with Crippen LogP contribution in [0.5, 0.6) is 5.75 Å². The average Bonchev–Trinajstić information content (AvgIpc) is 3.33. The van der Waals surface area contributed by atoms with Crippen molar-refractivity contribution in [2.24, 2.45) is 5.92 Å². The van der Waals surface area contributed by atoms with Crippen LogP contribution in [0.25, 0.3) is 0 Å². The molecular formula is C37H45N3O6. The highest BCUT2D eigenvalue weighted by Gasteiger charge is 2.31.